The van der Waals surface area contributed by atoms with E-state index in [-0.39, 0.29) is 5.70 Å². The first-order valence-electron chi connectivity index (χ1n) is 4.38. The molecule has 0 heterocycles. The molecule has 0 fully saturated rings. The third-order valence-corrected chi connectivity index (χ3v) is 3.03. The molecule has 1 aliphatic carbocycles. The van der Waals surface area contributed by atoms with Crippen LogP contribution in [0.3, 0.4) is 0 Å². The summed E-state index contributed by atoms with van der Waals surface area (Å²) < 4.78 is 0. The number of hydrogen-bond donors (Lipinski definition) is 3. The number of nitrogens with two attached hydrogens (primary N) is 1. The maximum absolute atomic E-state index is 11.1. The zero-order chi connectivity index (χ0) is 11.9. The van der Waals surface area contributed by atoms with E-state index in [2.05, 4.69) is 0 Å². The second kappa shape index (κ2) is 3.12. The summed E-state index contributed by atoms with van der Waals surface area (Å²) in [5.74, 6) is -2.40. The number of aliphatic carboxylic acids is 2. The fourth-order valence-electron chi connectivity index (χ4n) is 1.54. The summed E-state index contributed by atoms with van der Waals surface area (Å²) in [6.07, 6.45) is 4.00. The standard InChI is InChI=1S/C10H13NO4/c1-9(7(12)13)4-3-6(11)5-10(9,2)8(14)15/h3-5H,11H2,1-2H3,(H,12,13)(H,14,15). The molecule has 5 nitrogen and oxygen atoms in total. The highest BCUT2D eigenvalue weighted by Crippen LogP contribution is 2.45. The SMILES string of the molecule is CC1(C(=O)O)C=CC(N)=CC1(C)C(=O)O. The first-order chi connectivity index (χ1) is 6.74. The van der Waals surface area contributed by atoms with Crippen LogP contribution in [0, 0.1) is 10.8 Å². The van der Waals surface area contributed by atoms with Crippen molar-refractivity contribution in [1.82, 2.24) is 0 Å². The minimum absolute atomic E-state index is 0.263. The minimum atomic E-state index is -1.53. The van der Waals surface area contributed by atoms with Gasteiger partial charge in [-0.25, -0.2) is 0 Å². The molecule has 0 radical (unpaired) electrons. The molecule has 82 valence electrons. The topological polar surface area (TPSA) is 101 Å². The van der Waals surface area contributed by atoms with E-state index < -0.39 is 22.8 Å². The molecule has 5 heteroatoms. The normalized spacial score (nSPS) is 34.7. The molecule has 0 saturated carbocycles. The van der Waals surface area contributed by atoms with E-state index in [1.165, 1.54) is 32.1 Å². The summed E-state index contributed by atoms with van der Waals surface area (Å²) in [7, 11) is 0. The lowest BCUT2D eigenvalue weighted by Gasteiger charge is -2.38. The molecular weight excluding hydrogens is 198 g/mol. The van der Waals surface area contributed by atoms with Gasteiger partial charge in [0.1, 0.15) is 10.8 Å². The molecule has 2 atom stereocenters. The molecule has 0 aromatic carbocycles. The average Bonchev–Trinajstić information content (AvgIpc) is 2.11. The Kier molecular flexibility index (Phi) is 2.35. The monoisotopic (exact) mass is 211 g/mol. The van der Waals surface area contributed by atoms with Crippen LogP contribution in [0.25, 0.3) is 0 Å². The molecule has 2 unspecified atom stereocenters. The molecule has 0 aromatic rings. The second-order valence-corrected chi connectivity index (χ2v) is 3.99. The van der Waals surface area contributed by atoms with E-state index >= 15 is 0 Å². The zero-order valence-corrected chi connectivity index (χ0v) is 8.52. The molecule has 0 aromatic heterocycles. The molecule has 0 saturated heterocycles. The van der Waals surface area contributed by atoms with Crippen LogP contribution in [0.1, 0.15) is 13.8 Å². The third kappa shape index (κ3) is 1.40. The number of carbonyl (C=O) groups is 2. The van der Waals surface area contributed by atoms with Crippen molar-refractivity contribution in [2.45, 2.75) is 13.8 Å². The number of allylic oxidation sites excluding steroid dienone is 1. The van der Waals surface area contributed by atoms with Crippen molar-refractivity contribution in [3.63, 3.8) is 0 Å². The lowest BCUT2D eigenvalue weighted by atomic mass is 9.63. The van der Waals surface area contributed by atoms with E-state index in [0.717, 1.165) is 0 Å². The summed E-state index contributed by atoms with van der Waals surface area (Å²) in [4.78, 5) is 22.3. The van der Waals surface area contributed by atoms with Gasteiger partial charge in [0.2, 0.25) is 0 Å². The highest BCUT2D eigenvalue weighted by atomic mass is 16.4. The molecule has 15 heavy (non-hydrogen) atoms. The van der Waals surface area contributed by atoms with Crippen LogP contribution in [0.15, 0.2) is 23.9 Å². The Morgan fingerprint density at radius 1 is 1.20 bits per heavy atom. The van der Waals surface area contributed by atoms with Gasteiger partial charge in [-0.2, -0.15) is 0 Å². The predicted molar refractivity (Wildman–Crippen MR) is 52.9 cm³/mol. The zero-order valence-electron chi connectivity index (χ0n) is 8.52. The van der Waals surface area contributed by atoms with Gasteiger partial charge >= 0.3 is 11.9 Å². The summed E-state index contributed by atoms with van der Waals surface area (Å²) in [6, 6.07) is 0. The van der Waals surface area contributed by atoms with Gasteiger partial charge in [-0.1, -0.05) is 6.08 Å². The van der Waals surface area contributed by atoms with Gasteiger partial charge in [0.25, 0.3) is 0 Å². The quantitative estimate of drug-likeness (QED) is 0.620. The Bertz CT molecular complexity index is 385. The Balaban J connectivity index is 3.38. The summed E-state index contributed by atoms with van der Waals surface area (Å²) in [6.45, 7) is 2.71. The van der Waals surface area contributed by atoms with Gasteiger partial charge in [0.15, 0.2) is 0 Å². The van der Waals surface area contributed by atoms with Crippen LogP contribution in [-0.2, 0) is 9.59 Å². The van der Waals surface area contributed by atoms with Crippen molar-refractivity contribution >= 4 is 11.9 Å². The number of rotatable bonds is 2. The van der Waals surface area contributed by atoms with Crippen molar-refractivity contribution in [3.05, 3.63) is 23.9 Å². The third-order valence-electron chi connectivity index (χ3n) is 3.03. The van der Waals surface area contributed by atoms with E-state index in [1.807, 2.05) is 0 Å². The van der Waals surface area contributed by atoms with Gasteiger partial charge in [0.05, 0.1) is 0 Å². The van der Waals surface area contributed by atoms with Crippen molar-refractivity contribution < 1.29 is 19.8 Å². The Hall–Kier alpha value is -1.78. The van der Waals surface area contributed by atoms with Crippen LogP contribution >= 0.6 is 0 Å². The lowest BCUT2D eigenvalue weighted by molar-refractivity contribution is -0.163. The Morgan fingerprint density at radius 2 is 1.67 bits per heavy atom. The first-order valence-corrected chi connectivity index (χ1v) is 4.38. The highest BCUT2D eigenvalue weighted by molar-refractivity contribution is 5.90. The predicted octanol–water partition coefficient (Wildman–Crippen LogP) is 0.581. The van der Waals surface area contributed by atoms with E-state index in [1.54, 1.807) is 0 Å². The molecule has 0 bridgehead atoms. The summed E-state index contributed by atoms with van der Waals surface area (Å²) in [5.41, 5.74) is 2.74. The fraction of sp³-hybridized carbons (Fsp3) is 0.400. The average molecular weight is 211 g/mol. The van der Waals surface area contributed by atoms with Crippen molar-refractivity contribution in [1.29, 1.82) is 0 Å². The summed E-state index contributed by atoms with van der Waals surface area (Å²) >= 11 is 0. The molecule has 0 spiro atoms. The fourth-order valence-corrected chi connectivity index (χ4v) is 1.54. The lowest BCUT2D eigenvalue weighted by Crippen LogP contribution is -2.48. The van der Waals surface area contributed by atoms with Crippen LogP contribution in [0.2, 0.25) is 0 Å². The molecule has 1 rings (SSSR count). The first kappa shape index (κ1) is 11.3. The van der Waals surface area contributed by atoms with Crippen molar-refractivity contribution in [3.8, 4) is 0 Å². The highest BCUT2D eigenvalue weighted by Gasteiger charge is 2.54. The second-order valence-electron chi connectivity index (χ2n) is 3.99. The van der Waals surface area contributed by atoms with Gasteiger partial charge < -0.3 is 15.9 Å². The van der Waals surface area contributed by atoms with E-state index in [4.69, 9.17) is 15.9 Å². The van der Waals surface area contributed by atoms with Crippen molar-refractivity contribution in [2.75, 3.05) is 0 Å². The molecular formula is C10H13NO4. The molecule has 4 N–H and O–H groups in total. The van der Waals surface area contributed by atoms with E-state index in [9.17, 15) is 9.59 Å². The van der Waals surface area contributed by atoms with Crippen LogP contribution < -0.4 is 5.73 Å². The number of carboxylic acid groups (broad SMARTS) is 2. The van der Waals surface area contributed by atoms with Gasteiger partial charge in [-0.15, -0.1) is 0 Å². The Labute approximate surface area is 86.9 Å². The van der Waals surface area contributed by atoms with E-state index in [0.29, 0.717) is 0 Å². The molecule has 1 aliphatic rings. The van der Waals surface area contributed by atoms with Crippen LogP contribution in [0.4, 0.5) is 0 Å². The van der Waals surface area contributed by atoms with Crippen LogP contribution in [-0.4, -0.2) is 22.2 Å². The Morgan fingerprint density at radius 3 is 2.07 bits per heavy atom. The molecule has 0 aliphatic heterocycles. The van der Waals surface area contributed by atoms with Gasteiger partial charge in [0, 0.05) is 5.70 Å². The number of carboxylic acids is 2. The molecule has 0 amide bonds. The van der Waals surface area contributed by atoms with Crippen LogP contribution in [0.5, 0.6) is 0 Å². The number of hydrogen-bond acceptors (Lipinski definition) is 3. The smallest absolute Gasteiger partial charge is 0.314 e. The maximum atomic E-state index is 11.1. The van der Waals surface area contributed by atoms with Gasteiger partial charge in [-0.3, -0.25) is 9.59 Å². The maximum Gasteiger partial charge on any atom is 0.314 e. The minimum Gasteiger partial charge on any atom is -0.481 e. The van der Waals surface area contributed by atoms with Crippen molar-refractivity contribution in [2.24, 2.45) is 16.6 Å². The van der Waals surface area contributed by atoms with Gasteiger partial charge in [-0.05, 0) is 26.0 Å². The largest absolute Gasteiger partial charge is 0.481 e. The summed E-state index contributed by atoms with van der Waals surface area (Å²) in [5, 5.41) is 18.2.